The minimum Gasteiger partial charge on any atom is -0.309 e. The van der Waals surface area contributed by atoms with Gasteiger partial charge in [0.2, 0.25) is 0 Å². The summed E-state index contributed by atoms with van der Waals surface area (Å²) in [6, 6.07) is 72.3. The number of amidine groups is 1. The van der Waals surface area contributed by atoms with E-state index >= 15 is 0 Å². The molecule has 1 aliphatic heterocycles. The summed E-state index contributed by atoms with van der Waals surface area (Å²) < 4.78 is 2.40. The van der Waals surface area contributed by atoms with Gasteiger partial charge in [0.25, 0.3) is 0 Å². The average molecular weight is 875 g/mol. The van der Waals surface area contributed by atoms with Crippen LogP contribution in [0.5, 0.6) is 0 Å². The molecule has 324 valence electrons. The van der Waals surface area contributed by atoms with E-state index < -0.39 is 0 Å². The average Bonchev–Trinajstić information content (AvgIpc) is 3.76. The molecule has 10 aromatic rings. The van der Waals surface area contributed by atoms with Gasteiger partial charge in [-0.05, 0) is 88.2 Å². The van der Waals surface area contributed by atoms with Crippen LogP contribution in [0.1, 0.15) is 48.1 Å². The molecule has 0 spiro atoms. The number of nitrogens with zero attached hydrogens (tertiary/aromatic N) is 6. The fourth-order valence-corrected chi connectivity index (χ4v) is 9.79. The Kier molecular flexibility index (Phi) is 10.6. The lowest BCUT2D eigenvalue weighted by atomic mass is 9.90. The number of para-hydroxylation sites is 1. The molecule has 3 heterocycles. The lowest BCUT2D eigenvalue weighted by Gasteiger charge is -2.22. The largest absolute Gasteiger partial charge is 0.309 e. The Morgan fingerprint density at radius 3 is 1.76 bits per heavy atom. The van der Waals surface area contributed by atoms with Crippen LogP contribution in [0.2, 0.25) is 0 Å². The van der Waals surface area contributed by atoms with Crippen molar-refractivity contribution >= 4 is 38.9 Å². The first-order valence-corrected chi connectivity index (χ1v) is 23.4. The molecule has 12 rings (SSSR count). The highest BCUT2D eigenvalue weighted by Gasteiger charge is 2.24. The van der Waals surface area contributed by atoms with Crippen LogP contribution in [0, 0.1) is 5.92 Å². The normalized spacial score (nSPS) is 15.8. The molecule has 0 N–H and O–H groups in total. The molecule has 68 heavy (non-hydrogen) atoms. The molecule has 0 amide bonds. The first-order chi connectivity index (χ1) is 33.6. The van der Waals surface area contributed by atoms with Crippen LogP contribution in [0.3, 0.4) is 0 Å². The van der Waals surface area contributed by atoms with Gasteiger partial charge < -0.3 is 4.57 Å². The monoisotopic (exact) mass is 874 g/mol. The van der Waals surface area contributed by atoms with Gasteiger partial charge in [-0.15, -0.1) is 0 Å². The molecule has 0 fully saturated rings. The molecule has 2 aromatic heterocycles. The smallest absolute Gasteiger partial charge is 0.164 e. The summed E-state index contributed by atoms with van der Waals surface area (Å²) in [5, 5.41) is 2.46. The molecule has 2 atom stereocenters. The maximum Gasteiger partial charge on any atom is 0.164 e. The van der Waals surface area contributed by atoms with Crippen molar-refractivity contribution in [2.75, 3.05) is 0 Å². The van der Waals surface area contributed by atoms with Gasteiger partial charge in [-0.1, -0.05) is 189 Å². The van der Waals surface area contributed by atoms with Crippen LogP contribution in [0.4, 0.5) is 0 Å². The van der Waals surface area contributed by atoms with Crippen LogP contribution in [0.25, 0.3) is 78.4 Å². The third kappa shape index (κ3) is 7.86. The standard InChI is InChI=1S/C62H46N6/c1-41-18-14-25-45(36-41)46-34-35-56-53(39-46)58-52(32-17-33-57(58)68(56)51-30-12-5-13-31-51)47-26-15-28-49(37-47)61-63-54(42-19-6-2-7-20-42)40-55(64-61)48-27-16-29-50(38-48)62-66-59(43-21-8-3-9-22-43)65-60(67-62)44-23-10-4-11-24-44/h2-35,37-39,41,54H,36,40H2,1H3. The number of aromatic nitrogens is 4. The van der Waals surface area contributed by atoms with Gasteiger partial charge >= 0.3 is 0 Å². The topological polar surface area (TPSA) is 68.3 Å². The van der Waals surface area contributed by atoms with E-state index in [1.807, 2.05) is 60.7 Å². The minimum absolute atomic E-state index is 0.130. The zero-order chi connectivity index (χ0) is 45.4. The van der Waals surface area contributed by atoms with Crippen LogP contribution in [-0.4, -0.2) is 31.1 Å². The molecule has 0 saturated carbocycles. The van der Waals surface area contributed by atoms with E-state index in [0.717, 1.165) is 56.8 Å². The van der Waals surface area contributed by atoms with E-state index in [-0.39, 0.29) is 6.04 Å². The van der Waals surface area contributed by atoms with E-state index in [4.69, 9.17) is 24.9 Å². The van der Waals surface area contributed by atoms with Gasteiger partial charge in [-0.25, -0.2) is 19.9 Å². The number of fused-ring (bicyclic) bond motifs is 3. The lowest BCUT2D eigenvalue weighted by Crippen LogP contribution is -2.17. The fourth-order valence-electron chi connectivity index (χ4n) is 9.79. The molecule has 2 aliphatic rings. The number of benzene rings is 8. The second-order valence-electron chi connectivity index (χ2n) is 17.7. The summed E-state index contributed by atoms with van der Waals surface area (Å²) in [6.45, 7) is 2.29. The highest BCUT2D eigenvalue weighted by Crippen LogP contribution is 2.41. The van der Waals surface area contributed by atoms with Gasteiger partial charge in [0.1, 0.15) is 0 Å². The first-order valence-electron chi connectivity index (χ1n) is 23.4. The van der Waals surface area contributed by atoms with E-state index in [1.165, 1.54) is 38.5 Å². The van der Waals surface area contributed by atoms with Crippen molar-refractivity contribution in [1.82, 2.24) is 19.5 Å². The summed E-state index contributed by atoms with van der Waals surface area (Å²) in [4.78, 5) is 25.9. The molecule has 0 saturated heterocycles. The molecule has 6 heteroatoms. The maximum absolute atomic E-state index is 5.42. The zero-order valence-corrected chi connectivity index (χ0v) is 37.6. The summed E-state index contributed by atoms with van der Waals surface area (Å²) >= 11 is 0. The number of rotatable bonds is 9. The Hall–Kier alpha value is -8.61. The predicted molar refractivity (Wildman–Crippen MR) is 280 cm³/mol. The van der Waals surface area contributed by atoms with Crippen molar-refractivity contribution in [2.24, 2.45) is 15.9 Å². The fraction of sp³-hybridized carbons (Fsp3) is 0.0806. The Balaban J connectivity index is 0.977. The van der Waals surface area contributed by atoms with Gasteiger partial charge in [-0.3, -0.25) is 4.99 Å². The van der Waals surface area contributed by atoms with Gasteiger partial charge in [0.05, 0.1) is 22.8 Å². The predicted octanol–water partition coefficient (Wildman–Crippen LogP) is 15.0. The summed E-state index contributed by atoms with van der Waals surface area (Å²) in [7, 11) is 0. The van der Waals surface area contributed by atoms with Gasteiger partial charge in [0, 0.05) is 45.1 Å². The zero-order valence-electron chi connectivity index (χ0n) is 37.6. The first kappa shape index (κ1) is 40.9. The van der Waals surface area contributed by atoms with Crippen LogP contribution >= 0.6 is 0 Å². The number of hydrogen-bond donors (Lipinski definition) is 0. The van der Waals surface area contributed by atoms with Crippen LogP contribution in [-0.2, 0) is 0 Å². The summed E-state index contributed by atoms with van der Waals surface area (Å²) in [6.07, 6.45) is 8.44. The Morgan fingerprint density at radius 2 is 1.06 bits per heavy atom. The lowest BCUT2D eigenvalue weighted by molar-refractivity contribution is 0.749. The van der Waals surface area contributed by atoms with Crippen molar-refractivity contribution in [3.63, 3.8) is 0 Å². The number of hydrogen-bond acceptors (Lipinski definition) is 5. The number of aliphatic imine (C=N–C) groups is 2. The highest BCUT2D eigenvalue weighted by atomic mass is 15.0. The van der Waals surface area contributed by atoms with Crippen molar-refractivity contribution < 1.29 is 0 Å². The maximum atomic E-state index is 5.42. The van der Waals surface area contributed by atoms with E-state index in [2.05, 4.69) is 175 Å². The highest BCUT2D eigenvalue weighted by molar-refractivity contribution is 6.18. The third-order valence-corrected chi connectivity index (χ3v) is 13.1. The van der Waals surface area contributed by atoms with Gasteiger partial charge in [0.15, 0.2) is 23.3 Å². The molecule has 1 aliphatic carbocycles. The molecule has 2 unspecified atom stereocenters. The second kappa shape index (κ2) is 17.6. The van der Waals surface area contributed by atoms with Crippen LogP contribution in [0.15, 0.2) is 234 Å². The van der Waals surface area contributed by atoms with E-state index in [9.17, 15) is 0 Å². The molecule has 0 radical (unpaired) electrons. The molecule has 8 aromatic carbocycles. The van der Waals surface area contributed by atoms with Crippen molar-refractivity contribution in [3.8, 4) is 51.0 Å². The third-order valence-electron chi connectivity index (χ3n) is 13.1. The summed E-state index contributed by atoms with van der Waals surface area (Å²) in [5.41, 5.74) is 15.2. The van der Waals surface area contributed by atoms with Gasteiger partial charge in [-0.2, -0.15) is 0 Å². The van der Waals surface area contributed by atoms with Crippen molar-refractivity contribution in [1.29, 1.82) is 0 Å². The second-order valence-corrected chi connectivity index (χ2v) is 17.7. The Labute approximate surface area is 396 Å². The molecular formula is C62H46N6. The van der Waals surface area contributed by atoms with E-state index in [0.29, 0.717) is 35.6 Å². The Morgan fingerprint density at radius 1 is 0.471 bits per heavy atom. The van der Waals surface area contributed by atoms with Crippen molar-refractivity contribution in [2.45, 2.75) is 25.8 Å². The molecule has 6 nitrogen and oxygen atoms in total. The van der Waals surface area contributed by atoms with E-state index in [1.54, 1.807) is 0 Å². The van der Waals surface area contributed by atoms with Crippen LogP contribution < -0.4 is 0 Å². The quantitative estimate of drug-likeness (QED) is 0.145. The minimum atomic E-state index is -0.130. The molecule has 0 bridgehead atoms. The van der Waals surface area contributed by atoms with Crippen molar-refractivity contribution in [3.05, 3.63) is 247 Å². The number of allylic oxidation sites excluding steroid dienone is 4. The Bertz CT molecular complexity index is 3570. The SMILES string of the molecule is CC1C=CC=C(c2ccc3c(c2)c2c(-c4cccc(C5=NC(c6ccccc6)CC(c6cccc(-c7nc(-c8ccccc8)nc(-c8ccccc8)n7)c6)=N5)c4)cccc2n3-c2ccccc2)C1. The molecular weight excluding hydrogens is 829 g/mol. The summed E-state index contributed by atoms with van der Waals surface area (Å²) in [5.74, 6) is 3.07.